The molecule has 0 aromatic heterocycles. The van der Waals surface area contributed by atoms with Gasteiger partial charge in [0.1, 0.15) is 5.75 Å². The summed E-state index contributed by atoms with van der Waals surface area (Å²) in [6.45, 7) is 4.63. The molecule has 2 aliphatic rings. The molecule has 1 aromatic carbocycles. The molecule has 0 N–H and O–H groups in total. The van der Waals surface area contributed by atoms with Crippen LogP contribution in [0.3, 0.4) is 0 Å². The number of methoxy groups -OCH3 is 1. The van der Waals surface area contributed by atoms with E-state index in [1.807, 2.05) is 7.11 Å². The van der Waals surface area contributed by atoms with Gasteiger partial charge >= 0.3 is 0 Å². The number of hydrogen-bond acceptors (Lipinski definition) is 1. The van der Waals surface area contributed by atoms with Crippen LogP contribution in [0.15, 0.2) is 18.2 Å². The first-order valence-corrected chi connectivity index (χ1v) is 12.4. The molecule has 0 radical (unpaired) electrons. The molecule has 1 nitrogen and oxygen atoms in total. The number of unbranched alkanes of at least 4 members (excludes halogenated alkanes) is 2. The minimum absolute atomic E-state index is 0.781. The lowest BCUT2D eigenvalue weighted by atomic mass is 9.68. The van der Waals surface area contributed by atoms with Gasteiger partial charge in [-0.25, -0.2) is 0 Å². The Hall–Kier alpha value is -0.980. The molecule has 2 saturated carbocycles. The summed E-state index contributed by atoms with van der Waals surface area (Å²) in [6, 6.07) is 7.07. The minimum Gasteiger partial charge on any atom is -0.496 e. The number of aryl methyl sites for hydroxylation is 1. The number of ether oxygens (including phenoxy) is 1. The van der Waals surface area contributed by atoms with Gasteiger partial charge in [0.15, 0.2) is 0 Å². The third kappa shape index (κ3) is 5.77. The fourth-order valence-corrected chi connectivity index (χ4v) is 6.09. The second-order valence-electron chi connectivity index (χ2n) is 9.71. The van der Waals surface area contributed by atoms with Gasteiger partial charge in [0, 0.05) is 0 Å². The highest BCUT2D eigenvalue weighted by Crippen LogP contribution is 2.44. The van der Waals surface area contributed by atoms with E-state index in [0.717, 1.165) is 29.4 Å². The Morgan fingerprint density at radius 1 is 0.821 bits per heavy atom. The zero-order valence-corrected chi connectivity index (χ0v) is 18.8. The second kappa shape index (κ2) is 11.3. The molecule has 0 bridgehead atoms. The maximum atomic E-state index is 5.64. The molecule has 3 rings (SSSR count). The molecule has 1 aromatic rings. The average molecular weight is 385 g/mol. The highest BCUT2D eigenvalue weighted by molar-refractivity contribution is 5.39. The van der Waals surface area contributed by atoms with Crippen molar-refractivity contribution in [3.63, 3.8) is 0 Å². The molecular formula is C27H44O. The average Bonchev–Trinajstić information content (AvgIpc) is 2.75. The van der Waals surface area contributed by atoms with Gasteiger partial charge in [0.2, 0.25) is 0 Å². The van der Waals surface area contributed by atoms with Crippen LogP contribution in [-0.2, 0) is 6.42 Å². The van der Waals surface area contributed by atoms with E-state index >= 15 is 0 Å². The molecule has 0 aliphatic heterocycles. The fraction of sp³-hybridized carbons (Fsp3) is 0.778. The first-order valence-electron chi connectivity index (χ1n) is 12.4. The summed E-state index contributed by atoms with van der Waals surface area (Å²) >= 11 is 0. The molecule has 0 unspecified atom stereocenters. The summed E-state index contributed by atoms with van der Waals surface area (Å²) in [5.41, 5.74) is 3.02. The van der Waals surface area contributed by atoms with Crippen LogP contribution in [0.1, 0.15) is 114 Å². The van der Waals surface area contributed by atoms with Gasteiger partial charge in [-0.2, -0.15) is 0 Å². The van der Waals surface area contributed by atoms with Crippen molar-refractivity contribution in [3.05, 3.63) is 29.3 Å². The van der Waals surface area contributed by atoms with E-state index < -0.39 is 0 Å². The predicted octanol–water partition coefficient (Wildman–Crippen LogP) is 8.31. The van der Waals surface area contributed by atoms with Gasteiger partial charge < -0.3 is 4.74 Å². The Kier molecular flexibility index (Phi) is 8.74. The summed E-state index contributed by atoms with van der Waals surface area (Å²) in [6.07, 6.45) is 19.7. The van der Waals surface area contributed by atoms with Crippen LogP contribution in [0.4, 0.5) is 0 Å². The zero-order chi connectivity index (χ0) is 19.8. The molecule has 0 amide bonds. The van der Waals surface area contributed by atoms with Crippen molar-refractivity contribution in [2.75, 3.05) is 7.11 Å². The van der Waals surface area contributed by atoms with Crippen molar-refractivity contribution >= 4 is 0 Å². The first kappa shape index (κ1) is 21.7. The van der Waals surface area contributed by atoms with Gasteiger partial charge in [-0.3, -0.25) is 0 Å². The third-order valence-electron chi connectivity index (χ3n) is 7.85. The smallest absolute Gasteiger partial charge is 0.122 e. The standard InChI is InChI=1S/C27H44O/c1-4-6-7-9-26-20-25(18-19-27(26)28-3)24-16-14-23(15-17-24)22-12-10-21(8-5-2)11-13-22/h18-24H,4-17H2,1-3H3. The van der Waals surface area contributed by atoms with Gasteiger partial charge in [0.05, 0.1) is 7.11 Å². The molecule has 0 heterocycles. The second-order valence-corrected chi connectivity index (χ2v) is 9.71. The van der Waals surface area contributed by atoms with Crippen LogP contribution < -0.4 is 4.74 Å². The summed E-state index contributed by atoms with van der Waals surface area (Å²) in [7, 11) is 1.82. The Morgan fingerprint density at radius 2 is 1.50 bits per heavy atom. The van der Waals surface area contributed by atoms with Crippen molar-refractivity contribution in [1.82, 2.24) is 0 Å². The lowest BCUT2D eigenvalue weighted by molar-refractivity contribution is 0.156. The fourth-order valence-electron chi connectivity index (χ4n) is 6.09. The topological polar surface area (TPSA) is 9.23 Å². The van der Waals surface area contributed by atoms with E-state index in [1.165, 1.54) is 95.5 Å². The van der Waals surface area contributed by atoms with Gasteiger partial charge in [-0.15, -0.1) is 0 Å². The molecule has 28 heavy (non-hydrogen) atoms. The predicted molar refractivity (Wildman–Crippen MR) is 121 cm³/mol. The van der Waals surface area contributed by atoms with Gasteiger partial charge in [0.25, 0.3) is 0 Å². The van der Waals surface area contributed by atoms with E-state index in [2.05, 4.69) is 32.0 Å². The van der Waals surface area contributed by atoms with Crippen molar-refractivity contribution in [1.29, 1.82) is 0 Å². The van der Waals surface area contributed by atoms with Crippen LogP contribution in [0.25, 0.3) is 0 Å². The number of rotatable bonds is 9. The molecule has 1 heteroatoms. The summed E-state index contributed by atoms with van der Waals surface area (Å²) in [5, 5.41) is 0. The van der Waals surface area contributed by atoms with Crippen LogP contribution in [0, 0.1) is 17.8 Å². The maximum absolute atomic E-state index is 5.64. The Balaban J connectivity index is 1.52. The Bertz CT molecular complexity index is 562. The highest BCUT2D eigenvalue weighted by Gasteiger charge is 2.31. The number of hydrogen-bond donors (Lipinski definition) is 0. The van der Waals surface area contributed by atoms with Crippen LogP contribution in [0.5, 0.6) is 5.75 Å². The van der Waals surface area contributed by atoms with E-state index in [-0.39, 0.29) is 0 Å². The summed E-state index contributed by atoms with van der Waals surface area (Å²) in [5.74, 6) is 4.97. The highest BCUT2D eigenvalue weighted by atomic mass is 16.5. The lowest BCUT2D eigenvalue weighted by Gasteiger charge is -2.38. The maximum Gasteiger partial charge on any atom is 0.122 e. The SMILES string of the molecule is CCCCCc1cc(C2CCC(C3CCC(CCC)CC3)CC2)ccc1OC. The third-order valence-corrected chi connectivity index (χ3v) is 7.85. The van der Waals surface area contributed by atoms with Crippen molar-refractivity contribution in [2.45, 2.75) is 110 Å². The monoisotopic (exact) mass is 384 g/mol. The van der Waals surface area contributed by atoms with Gasteiger partial charge in [-0.05, 0) is 92.2 Å². The molecule has 158 valence electrons. The minimum atomic E-state index is 0.781. The number of benzene rings is 1. The van der Waals surface area contributed by atoms with Crippen LogP contribution in [-0.4, -0.2) is 7.11 Å². The molecule has 2 fully saturated rings. The summed E-state index contributed by atoms with van der Waals surface area (Å²) in [4.78, 5) is 0. The molecule has 2 aliphatic carbocycles. The van der Waals surface area contributed by atoms with Crippen molar-refractivity contribution in [2.24, 2.45) is 17.8 Å². The first-order chi connectivity index (χ1) is 13.7. The quantitative estimate of drug-likeness (QED) is 0.389. The summed E-state index contributed by atoms with van der Waals surface area (Å²) < 4.78 is 5.64. The van der Waals surface area contributed by atoms with E-state index in [4.69, 9.17) is 4.74 Å². The largest absolute Gasteiger partial charge is 0.496 e. The van der Waals surface area contributed by atoms with Gasteiger partial charge in [-0.1, -0.05) is 64.5 Å². The molecular weight excluding hydrogens is 340 g/mol. The molecule has 0 atom stereocenters. The normalized spacial score (nSPS) is 28.2. The lowest BCUT2D eigenvalue weighted by Crippen LogP contribution is -2.25. The molecule has 0 spiro atoms. The van der Waals surface area contributed by atoms with Crippen LogP contribution >= 0.6 is 0 Å². The Labute approximate surface area is 174 Å². The molecule has 0 saturated heterocycles. The van der Waals surface area contributed by atoms with Crippen LogP contribution in [0.2, 0.25) is 0 Å². The van der Waals surface area contributed by atoms with Crippen molar-refractivity contribution in [3.8, 4) is 5.75 Å². The van der Waals surface area contributed by atoms with E-state index in [9.17, 15) is 0 Å². The zero-order valence-electron chi connectivity index (χ0n) is 18.8. The van der Waals surface area contributed by atoms with E-state index in [1.54, 1.807) is 5.56 Å². The van der Waals surface area contributed by atoms with Crippen molar-refractivity contribution < 1.29 is 4.74 Å². The van der Waals surface area contributed by atoms with E-state index in [0.29, 0.717) is 0 Å². The Morgan fingerprint density at radius 3 is 2.11 bits per heavy atom.